The molecule has 1 fully saturated rings. The van der Waals surface area contributed by atoms with Gasteiger partial charge < -0.3 is 10.2 Å². The van der Waals surface area contributed by atoms with Crippen molar-refractivity contribution in [2.75, 3.05) is 19.6 Å². The highest BCUT2D eigenvalue weighted by molar-refractivity contribution is 5.76. The number of hydrogen-bond donors (Lipinski definition) is 1. The molecule has 0 spiro atoms. The molecule has 0 radical (unpaired) electrons. The van der Waals surface area contributed by atoms with Gasteiger partial charge in [-0.25, -0.2) is 0 Å². The second-order valence-corrected chi connectivity index (χ2v) is 6.27. The van der Waals surface area contributed by atoms with Gasteiger partial charge in [-0.2, -0.15) is 0 Å². The normalized spacial score (nSPS) is 18.5. The van der Waals surface area contributed by atoms with E-state index in [4.69, 9.17) is 0 Å². The number of piperidine rings is 1. The van der Waals surface area contributed by atoms with Gasteiger partial charge in [0.1, 0.15) is 0 Å². The first-order chi connectivity index (χ1) is 7.92. The first kappa shape index (κ1) is 14.5. The Balaban J connectivity index is 2.26. The molecule has 3 nitrogen and oxygen atoms in total. The second kappa shape index (κ2) is 6.39. The zero-order chi connectivity index (χ0) is 12.9. The first-order valence-corrected chi connectivity index (χ1v) is 6.93. The van der Waals surface area contributed by atoms with Crippen LogP contribution in [0.1, 0.15) is 53.4 Å². The van der Waals surface area contributed by atoms with E-state index < -0.39 is 0 Å². The minimum Gasteiger partial charge on any atom is -0.343 e. The Morgan fingerprint density at radius 3 is 2.35 bits per heavy atom. The molecule has 1 N–H and O–H groups in total. The van der Waals surface area contributed by atoms with Crippen LogP contribution in [0.2, 0.25) is 0 Å². The average Bonchev–Trinajstić information content (AvgIpc) is 2.26. The third-order valence-electron chi connectivity index (χ3n) is 3.43. The van der Waals surface area contributed by atoms with Gasteiger partial charge in [0, 0.05) is 25.6 Å². The number of hydrogen-bond acceptors (Lipinski definition) is 2. The van der Waals surface area contributed by atoms with Crippen LogP contribution >= 0.6 is 0 Å². The Kier molecular flexibility index (Phi) is 5.44. The number of likely N-dealkylation sites (tertiary alicyclic amines) is 1. The Bertz CT molecular complexity index is 237. The number of rotatable bonds is 4. The molecule has 0 atom stereocenters. The molecule has 1 rings (SSSR count). The lowest BCUT2D eigenvalue weighted by Crippen LogP contribution is -2.44. The predicted molar refractivity (Wildman–Crippen MR) is 72.0 cm³/mol. The van der Waals surface area contributed by atoms with Crippen molar-refractivity contribution >= 4 is 5.91 Å². The van der Waals surface area contributed by atoms with E-state index in [2.05, 4.69) is 33.0 Å². The summed E-state index contributed by atoms with van der Waals surface area (Å²) >= 11 is 0. The van der Waals surface area contributed by atoms with Gasteiger partial charge >= 0.3 is 0 Å². The molecule has 100 valence electrons. The number of nitrogens with zero attached hydrogens (tertiary/aromatic N) is 1. The van der Waals surface area contributed by atoms with Crippen LogP contribution in [0.15, 0.2) is 0 Å². The van der Waals surface area contributed by atoms with Crippen molar-refractivity contribution in [3.05, 3.63) is 0 Å². The van der Waals surface area contributed by atoms with E-state index in [-0.39, 0.29) is 5.41 Å². The molecule has 1 saturated heterocycles. The van der Waals surface area contributed by atoms with Crippen LogP contribution in [0.4, 0.5) is 0 Å². The maximum atomic E-state index is 12.0. The van der Waals surface area contributed by atoms with Crippen LogP contribution in [0.3, 0.4) is 0 Å². The molecule has 3 heteroatoms. The van der Waals surface area contributed by atoms with E-state index in [9.17, 15) is 4.79 Å². The minimum atomic E-state index is 0.262. The summed E-state index contributed by atoms with van der Waals surface area (Å²) in [6.07, 6.45) is 3.90. The number of carbonyl (C=O) groups excluding carboxylic acids is 1. The molecule has 0 aromatic heterocycles. The van der Waals surface area contributed by atoms with Crippen LogP contribution in [-0.2, 0) is 4.79 Å². The topological polar surface area (TPSA) is 32.3 Å². The second-order valence-electron chi connectivity index (χ2n) is 6.27. The monoisotopic (exact) mass is 240 g/mol. The minimum absolute atomic E-state index is 0.262. The molecule has 0 saturated carbocycles. The van der Waals surface area contributed by atoms with E-state index >= 15 is 0 Å². The smallest absolute Gasteiger partial charge is 0.222 e. The fourth-order valence-electron chi connectivity index (χ4n) is 2.26. The average molecular weight is 240 g/mol. The van der Waals surface area contributed by atoms with E-state index in [1.807, 2.05) is 4.90 Å². The summed E-state index contributed by atoms with van der Waals surface area (Å²) in [5, 5.41) is 3.46. The Hall–Kier alpha value is -0.570. The van der Waals surface area contributed by atoms with Gasteiger partial charge in [0.2, 0.25) is 5.91 Å². The van der Waals surface area contributed by atoms with Crippen molar-refractivity contribution in [1.82, 2.24) is 10.2 Å². The van der Waals surface area contributed by atoms with Crippen molar-refractivity contribution in [2.45, 2.75) is 59.4 Å². The largest absolute Gasteiger partial charge is 0.343 e. The molecule has 1 heterocycles. The Morgan fingerprint density at radius 2 is 1.88 bits per heavy atom. The fourth-order valence-corrected chi connectivity index (χ4v) is 2.26. The number of nitrogens with one attached hydrogen (secondary N) is 1. The van der Waals surface area contributed by atoms with Crippen molar-refractivity contribution in [3.8, 4) is 0 Å². The summed E-state index contributed by atoms with van der Waals surface area (Å²) in [6.45, 7) is 11.6. The van der Waals surface area contributed by atoms with Crippen LogP contribution in [-0.4, -0.2) is 36.5 Å². The Labute approximate surface area is 106 Å². The number of amides is 1. The molecular formula is C14H28N2O. The zero-order valence-electron chi connectivity index (χ0n) is 11.9. The standard InChI is InChI=1S/C14H28N2O/c1-5-15-12-7-10-16(11-8-12)13(17)6-9-14(2,3)4/h12,15H,5-11H2,1-4H3. The molecule has 0 aromatic rings. The van der Waals surface area contributed by atoms with Crippen molar-refractivity contribution in [3.63, 3.8) is 0 Å². The maximum Gasteiger partial charge on any atom is 0.222 e. The van der Waals surface area contributed by atoms with E-state index in [0.717, 1.165) is 38.9 Å². The lowest BCUT2D eigenvalue weighted by atomic mass is 9.90. The molecule has 0 bridgehead atoms. The summed E-state index contributed by atoms with van der Waals surface area (Å²) in [7, 11) is 0. The summed E-state index contributed by atoms with van der Waals surface area (Å²) < 4.78 is 0. The van der Waals surface area contributed by atoms with Gasteiger partial charge in [-0.15, -0.1) is 0 Å². The third kappa shape index (κ3) is 5.53. The van der Waals surface area contributed by atoms with Crippen molar-refractivity contribution in [2.24, 2.45) is 5.41 Å². The Morgan fingerprint density at radius 1 is 1.29 bits per heavy atom. The quantitative estimate of drug-likeness (QED) is 0.818. The van der Waals surface area contributed by atoms with Crippen LogP contribution in [0, 0.1) is 5.41 Å². The first-order valence-electron chi connectivity index (χ1n) is 6.93. The molecule has 0 aromatic carbocycles. The highest BCUT2D eigenvalue weighted by Gasteiger charge is 2.23. The van der Waals surface area contributed by atoms with Gasteiger partial charge in [-0.1, -0.05) is 27.7 Å². The summed E-state index contributed by atoms with van der Waals surface area (Å²) in [5.74, 6) is 0.342. The molecular weight excluding hydrogens is 212 g/mol. The summed E-state index contributed by atoms with van der Waals surface area (Å²) in [6, 6.07) is 0.617. The molecule has 0 aliphatic carbocycles. The van der Waals surface area contributed by atoms with Gasteiger partial charge in [-0.3, -0.25) is 4.79 Å². The summed E-state index contributed by atoms with van der Waals surface area (Å²) in [5.41, 5.74) is 0.262. The lowest BCUT2D eigenvalue weighted by molar-refractivity contribution is -0.132. The highest BCUT2D eigenvalue weighted by atomic mass is 16.2. The fraction of sp³-hybridized carbons (Fsp3) is 0.929. The van der Waals surface area contributed by atoms with E-state index in [1.165, 1.54) is 0 Å². The highest BCUT2D eigenvalue weighted by Crippen LogP contribution is 2.22. The lowest BCUT2D eigenvalue weighted by Gasteiger charge is -2.33. The van der Waals surface area contributed by atoms with Crippen LogP contribution in [0.5, 0.6) is 0 Å². The molecule has 1 amide bonds. The van der Waals surface area contributed by atoms with Gasteiger partial charge in [-0.05, 0) is 31.2 Å². The van der Waals surface area contributed by atoms with Crippen molar-refractivity contribution in [1.29, 1.82) is 0 Å². The molecule has 17 heavy (non-hydrogen) atoms. The predicted octanol–water partition coefficient (Wildman–Crippen LogP) is 2.41. The van der Waals surface area contributed by atoms with Gasteiger partial charge in [0.05, 0.1) is 0 Å². The number of carbonyl (C=O) groups is 1. The van der Waals surface area contributed by atoms with E-state index in [1.54, 1.807) is 0 Å². The van der Waals surface area contributed by atoms with Crippen LogP contribution in [0.25, 0.3) is 0 Å². The maximum absolute atomic E-state index is 12.0. The SMILES string of the molecule is CCNC1CCN(C(=O)CCC(C)(C)C)CC1. The van der Waals surface area contributed by atoms with Crippen molar-refractivity contribution < 1.29 is 4.79 Å². The third-order valence-corrected chi connectivity index (χ3v) is 3.43. The molecule has 0 unspecified atom stereocenters. The van der Waals surface area contributed by atoms with Gasteiger partial charge in [0.15, 0.2) is 0 Å². The van der Waals surface area contributed by atoms with Gasteiger partial charge in [0.25, 0.3) is 0 Å². The zero-order valence-corrected chi connectivity index (χ0v) is 11.9. The van der Waals surface area contributed by atoms with E-state index in [0.29, 0.717) is 18.4 Å². The molecule has 1 aliphatic rings. The molecule has 1 aliphatic heterocycles. The van der Waals surface area contributed by atoms with Crippen LogP contribution < -0.4 is 5.32 Å². The summed E-state index contributed by atoms with van der Waals surface area (Å²) in [4.78, 5) is 14.1.